The first-order valence-corrected chi connectivity index (χ1v) is 4.82. The third-order valence-electron chi connectivity index (χ3n) is 1.22. The monoisotopic (exact) mass is 202 g/mol. The van der Waals surface area contributed by atoms with Crippen LogP contribution < -0.4 is 10.4 Å². The van der Waals surface area contributed by atoms with Gasteiger partial charge in [0.1, 0.15) is 0 Å². The summed E-state index contributed by atoms with van der Waals surface area (Å²) in [6, 6.07) is 8.87. The smallest absolute Gasteiger partial charge is 0.0384 e. The lowest BCUT2D eigenvalue weighted by molar-refractivity contribution is 1.85. The van der Waals surface area contributed by atoms with Crippen molar-refractivity contribution in [1.29, 1.82) is 0 Å². The Bertz CT molecular complexity index is 147. The van der Waals surface area contributed by atoms with Crippen LogP contribution in [0.3, 0.4) is 0 Å². The average Bonchev–Trinajstić information content (AvgIpc) is 1.77. The molecule has 0 spiro atoms. The van der Waals surface area contributed by atoms with Crippen molar-refractivity contribution in [3.05, 3.63) is 24.3 Å². The first kappa shape index (κ1) is 22.6. The molecule has 1 rings (SSSR count). The molecule has 74 valence electrons. The van der Waals surface area contributed by atoms with E-state index in [0.717, 1.165) is 0 Å². The Hall–Kier alpha value is -0.346. The van der Waals surface area contributed by atoms with E-state index in [1.807, 2.05) is 0 Å². The van der Waals surface area contributed by atoms with Gasteiger partial charge in [-0.2, -0.15) is 0 Å². The zero-order valence-corrected chi connectivity index (χ0v) is 9.31. The van der Waals surface area contributed by atoms with E-state index in [-0.39, 0.29) is 29.7 Å². The van der Waals surface area contributed by atoms with Crippen molar-refractivity contribution in [3.63, 3.8) is 0 Å². The van der Waals surface area contributed by atoms with E-state index in [1.165, 1.54) is 30.9 Å². The van der Waals surface area contributed by atoms with Crippen molar-refractivity contribution in [2.24, 2.45) is 0 Å². The van der Waals surface area contributed by atoms with E-state index in [9.17, 15) is 0 Å². The molecule has 1 aromatic carbocycles. The summed E-state index contributed by atoms with van der Waals surface area (Å²) < 4.78 is 0. The first-order valence-electron chi connectivity index (χ1n) is 2.82. The van der Waals surface area contributed by atoms with Crippen LogP contribution in [0.1, 0.15) is 29.7 Å². The SMILES string of the molecule is C.C.C.C.[SiH3]c1ccc([SiH3])cc1. The van der Waals surface area contributed by atoms with Gasteiger partial charge in [0.15, 0.2) is 0 Å². The van der Waals surface area contributed by atoms with Crippen LogP contribution in [0.4, 0.5) is 0 Å². The summed E-state index contributed by atoms with van der Waals surface area (Å²) in [5, 5.41) is 2.98. The van der Waals surface area contributed by atoms with E-state index in [4.69, 9.17) is 0 Å². The van der Waals surface area contributed by atoms with Gasteiger partial charge in [-0.05, 0) is 0 Å². The molecule has 0 N–H and O–H groups in total. The summed E-state index contributed by atoms with van der Waals surface area (Å²) in [6.45, 7) is 0. The fraction of sp³-hybridized carbons (Fsp3) is 0.400. The maximum atomic E-state index is 2.22. The predicted octanol–water partition coefficient (Wildman–Crippen LogP) is 0.212. The molecule has 1 aromatic rings. The Labute approximate surface area is 85.3 Å². The Kier molecular flexibility index (Phi) is 20.0. The third-order valence-corrected chi connectivity index (χ3v) is 2.55. The van der Waals surface area contributed by atoms with Crippen LogP contribution in [0.15, 0.2) is 24.3 Å². The van der Waals surface area contributed by atoms with Gasteiger partial charge in [0.2, 0.25) is 0 Å². The minimum atomic E-state index is 0. The maximum Gasteiger partial charge on any atom is 0.0384 e. The first-order chi connectivity index (χ1) is 3.79. The molecule has 0 nitrogen and oxygen atoms in total. The van der Waals surface area contributed by atoms with Gasteiger partial charge in [-0.3, -0.25) is 0 Å². The summed E-state index contributed by atoms with van der Waals surface area (Å²) in [6.07, 6.45) is 0. The summed E-state index contributed by atoms with van der Waals surface area (Å²) in [5.74, 6) is 0. The molecule has 0 saturated carbocycles. The van der Waals surface area contributed by atoms with E-state index in [0.29, 0.717) is 0 Å². The number of rotatable bonds is 0. The highest BCUT2D eigenvalue weighted by molar-refractivity contribution is 6.35. The summed E-state index contributed by atoms with van der Waals surface area (Å²) in [4.78, 5) is 0. The third kappa shape index (κ3) is 7.76. The zero-order chi connectivity index (χ0) is 5.98. The predicted molar refractivity (Wildman–Crippen MR) is 72.5 cm³/mol. The van der Waals surface area contributed by atoms with Gasteiger partial charge >= 0.3 is 0 Å². The van der Waals surface area contributed by atoms with Gasteiger partial charge in [0.25, 0.3) is 0 Å². The summed E-state index contributed by atoms with van der Waals surface area (Å²) in [5.41, 5.74) is 0. The van der Waals surface area contributed by atoms with Crippen molar-refractivity contribution in [3.8, 4) is 0 Å². The minimum Gasteiger partial charge on any atom is -0.0776 e. The van der Waals surface area contributed by atoms with Crippen LogP contribution in [0, 0.1) is 0 Å². The Morgan fingerprint density at radius 1 is 0.583 bits per heavy atom. The molecule has 0 radical (unpaired) electrons. The maximum absolute atomic E-state index is 2.22. The summed E-state index contributed by atoms with van der Waals surface area (Å²) >= 11 is 0. The standard InChI is InChI=1S/C6H10Si2.4CH4/c7-5-1-2-6(8)4-3-5;;;;/h1-4H,7-8H3;4*1H4. The molecule has 0 aromatic heterocycles. The molecule has 0 atom stereocenters. The van der Waals surface area contributed by atoms with Crippen molar-refractivity contribution < 1.29 is 0 Å². The average molecular weight is 202 g/mol. The van der Waals surface area contributed by atoms with Crippen LogP contribution in [0.5, 0.6) is 0 Å². The Morgan fingerprint density at radius 3 is 0.917 bits per heavy atom. The molecule has 0 aliphatic heterocycles. The zero-order valence-electron chi connectivity index (χ0n) is 5.31. The molecule has 0 bridgehead atoms. The van der Waals surface area contributed by atoms with Gasteiger partial charge in [0.05, 0.1) is 0 Å². The number of hydrogen-bond donors (Lipinski definition) is 0. The topological polar surface area (TPSA) is 0 Å². The fourth-order valence-electron chi connectivity index (χ4n) is 0.637. The molecule has 0 aliphatic carbocycles. The molecular weight excluding hydrogens is 176 g/mol. The van der Waals surface area contributed by atoms with Gasteiger partial charge in [0, 0.05) is 20.5 Å². The quantitative estimate of drug-likeness (QED) is 0.528. The van der Waals surface area contributed by atoms with Crippen LogP contribution in [-0.4, -0.2) is 20.5 Å². The van der Waals surface area contributed by atoms with Gasteiger partial charge < -0.3 is 0 Å². The molecule has 0 fully saturated rings. The van der Waals surface area contributed by atoms with Gasteiger partial charge in [-0.25, -0.2) is 0 Å². The van der Waals surface area contributed by atoms with E-state index in [1.54, 1.807) is 0 Å². The fourth-order valence-corrected chi connectivity index (χ4v) is 1.30. The number of benzene rings is 1. The lowest BCUT2D eigenvalue weighted by Gasteiger charge is -1.90. The van der Waals surface area contributed by atoms with Crippen LogP contribution >= 0.6 is 0 Å². The number of hydrogen-bond acceptors (Lipinski definition) is 0. The van der Waals surface area contributed by atoms with Crippen molar-refractivity contribution >= 4 is 30.9 Å². The van der Waals surface area contributed by atoms with Gasteiger partial charge in [-0.1, -0.05) is 64.3 Å². The lowest BCUT2D eigenvalue weighted by atomic mass is 10.4. The van der Waals surface area contributed by atoms with Crippen LogP contribution in [-0.2, 0) is 0 Å². The Balaban J connectivity index is -0.0000000800. The molecular formula is C10H26Si2. The highest BCUT2D eigenvalue weighted by Crippen LogP contribution is 1.72. The largest absolute Gasteiger partial charge is 0.0776 e. The minimum absolute atomic E-state index is 0. The second-order valence-corrected chi connectivity index (χ2v) is 4.46. The molecule has 0 heterocycles. The van der Waals surface area contributed by atoms with Crippen molar-refractivity contribution in [1.82, 2.24) is 0 Å². The molecule has 0 amide bonds. The Morgan fingerprint density at radius 2 is 0.750 bits per heavy atom. The van der Waals surface area contributed by atoms with Crippen LogP contribution in [0.2, 0.25) is 0 Å². The highest BCUT2D eigenvalue weighted by Gasteiger charge is 1.79. The van der Waals surface area contributed by atoms with Crippen molar-refractivity contribution in [2.75, 3.05) is 0 Å². The summed E-state index contributed by atoms with van der Waals surface area (Å²) in [7, 11) is 2.37. The van der Waals surface area contributed by atoms with E-state index < -0.39 is 0 Å². The highest BCUT2D eigenvalue weighted by atomic mass is 28.1. The lowest BCUT2D eigenvalue weighted by Crippen LogP contribution is -2.07. The van der Waals surface area contributed by atoms with Crippen LogP contribution in [0.25, 0.3) is 0 Å². The molecule has 0 aliphatic rings. The van der Waals surface area contributed by atoms with E-state index >= 15 is 0 Å². The molecule has 0 saturated heterocycles. The second kappa shape index (κ2) is 10.7. The van der Waals surface area contributed by atoms with Gasteiger partial charge in [-0.15, -0.1) is 0 Å². The van der Waals surface area contributed by atoms with Crippen molar-refractivity contribution in [2.45, 2.75) is 29.7 Å². The van der Waals surface area contributed by atoms with E-state index in [2.05, 4.69) is 24.3 Å². The molecule has 0 unspecified atom stereocenters. The molecule has 12 heavy (non-hydrogen) atoms. The normalized spacial score (nSPS) is 6.67. The molecule has 2 heteroatoms. The second-order valence-electron chi connectivity index (χ2n) is 2.15.